The minimum atomic E-state index is -0.466. The number of nitrogens with zero attached hydrogens (tertiary/aromatic N) is 2. The van der Waals surface area contributed by atoms with Gasteiger partial charge in [-0.15, -0.1) is 12.4 Å². The van der Waals surface area contributed by atoms with Crippen LogP contribution in [0, 0.1) is 0 Å². The highest BCUT2D eigenvalue weighted by Gasteiger charge is 2.35. The number of rotatable bonds is 3. The minimum absolute atomic E-state index is 0. The Hall–Kier alpha value is -1.59. The molecule has 1 aromatic carbocycles. The molecule has 1 unspecified atom stereocenters. The van der Waals surface area contributed by atoms with Crippen LogP contribution in [-0.2, 0) is 9.59 Å². The number of carbonyl (C=O) groups excluding carboxylic acids is 2. The van der Waals surface area contributed by atoms with E-state index in [1.165, 1.54) is 0 Å². The van der Waals surface area contributed by atoms with Crippen LogP contribution in [0.2, 0.25) is 0 Å². The zero-order valence-electron chi connectivity index (χ0n) is 13.2. The number of piperazine rings is 1. The molecule has 2 saturated heterocycles. The van der Waals surface area contributed by atoms with Crippen molar-refractivity contribution in [2.45, 2.75) is 25.3 Å². The van der Waals surface area contributed by atoms with E-state index in [1.807, 2.05) is 35.2 Å². The molecule has 0 bridgehead atoms. The van der Waals surface area contributed by atoms with E-state index in [-0.39, 0.29) is 24.2 Å². The zero-order chi connectivity index (χ0) is 15.4. The quantitative estimate of drug-likeness (QED) is 0.911. The highest BCUT2D eigenvalue weighted by atomic mass is 35.5. The second-order valence-electron chi connectivity index (χ2n) is 5.93. The van der Waals surface area contributed by atoms with Gasteiger partial charge in [-0.2, -0.15) is 0 Å². The molecule has 1 atom stereocenters. The van der Waals surface area contributed by atoms with E-state index < -0.39 is 6.04 Å². The fraction of sp³-hybridized carbons (Fsp3) is 0.529. The highest BCUT2D eigenvalue weighted by molar-refractivity contribution is 5.89. The van der Waals surface area contributed by atoms with E-state index in [9.17, 15) is 9.59 Å². The summed E-state index contributed by atoms with van der Waals surface area (Å²) in [5.41, 5.74) is 0.918. The molecule has 3 rings (SSSR count). The first-order valence-electron chi connectivity index (χ1n) is 8.11. The second-order valence-corrected chi connectivity index (χ2v) is 5.93. The largest absolute Gasteiger partial charge is 0.338 e. The maximum Gasteiger partial charge on any atom is 0.250 e. The monoisotopic (exact) mass is 337 g/mol. The lowest BCUT2D eigenvalue weighted by molar-refractivity contribution is -0.148. The van der Waals surface area contributed by atoms with Crippen LogP contribution in [0.4, 0.5) is 0 Å². The lowest BCUT2D eigenvalue weighted by atomic mass is 9.99. The number of nitrogens with one attached hydrogen (secondary N) is 1. The number of piperidine rings is 1. The molecule has 2 heterocycles. The fourth-order valence-electron chi connectivity index (χ4n) is 3.25. The van der Waals surface area contributed by atoms with Crippen LogP contribution in [0.25, 0.3) is 0 Å². The van der Waals surface area contributed by atoms with Gasteiger partial charge in [0.25, 0.3) is 0 Å². The molecule has 1 N–H and O–H groups in total. The van der Waals surface area contributed by atoms with Crippen LogP contribution in [-0.4, -0.2) is 54.3 Å². The van der Waals surface area contributed by atoms with Crippen molar-refractivity contribution in [2.75, 3.05) is 32.7 Å². The van der Waals surface area contributed by atoms with Crippen molar-refractivity contribution in [2.24, 2.45) is 0 Å². The Kier molecular flexibility index (Phi) is 6.42. The first kappa shape index (κ1) is 17.8. The van der Waals surface area contributed by atoms with E-state index in [0.717, 1.165) is 31.5 Å². The molecule has 6 heteroatoms. The SMILES string of the molecule is Cl.O=C(C(c1ccccc1)N1CCCCC1=O)N1CCNCC1. The molecular formula is C17H24ClN3O2. The van der Waals surface area contributed by atoms with Gasteiger partial charge in [0.2, 0.25) is 11.8 Å². The molecule has 2 amide bonds. The van der Waals surface area contributed by atoms with Gasteiger partial charge in [-0.3, -0.25) is 9.59 Å². The van der Waals surface area contributed by atoms with E-state index in [2.05, 4.69) is 5.32 Å². The Morgan fingerprint density at radius 3 is 2.39 bits per heavy atom. The fourth-order valence-corrected chi connectivity index (χ4v) is 3.25. The summed E-state index contributed by atoms with van der Waals surface area (Å²) < 4.78 is 0. The number of hydrogen-bond donors (Lipinski definition) is 1. The standard InChI is InChI=1S/C17H23N3O2.ClH/c21-15-8-4-5-11-20(15)16(14-6-2-1-3-7-14)17(22)19-12-9-18-10-13-19;/h1-3,6-7,16,18H,4-5,8-13H2;1H. The van der Waals surface area contributed by atoms with E-state index >= 15 is 0 Å². The maximum atomic E-state index is 13.0. The first-order valence-corrected chi connectivity index (χ1v) is 8.11. The zero-order valence-corrected chi connectivity index (χ0v) is 14.1. The molecule has 0 aromatic heterocycles. The van der Waals surface area contributed by atoms with E-state index in [1.54, 1.807) is 4.90 Å². The smallest absolute Gasteiger partial charge is 0.250 e. The number of hydrogen-bond acceptors (Lipinski definition) is 3. The maximum absolute atomic E-state index is 13.0. The molecule has 2 aliphatic heterocycles. The Morgan fingerprint density at radius 2 is 1.74 bits per heavy atom. The van der Waals surface area contributed by atoms with E-state index in [0.29, 0.717) is 26.1 Å². The molecule has 0 saturated carbocycles. The summed E-state index contributed by atoms with van der Waals surface area (Å²) in [5.74, 6) is 0.159. The third-order valence-electron chi connectivity index (χ3n) is 4.45. The lowest BCUT2D eigenvalue weighted by Gasteiger charge is -2.38. The van der Waals surface area contributed by atoms with Gasteiger partial charge in [0.15, 0.2) is 0 Å². The summed E-state index contributed by atoms with van der Waals surface area (Å²) in [6.07, 6.45) is 2.46. The van der Waals surface area contributed by atoms with Crippen LogP contribution < -0.4 is 5.32 Å². The predicted molar refractivity (Wildman–Crippen MR) is 91.4 cm³/mol. The Labute approximate surface area is 143 Å². The average molecular weight is 338 g/mol. The number of likely N-dealkylation sites (tertiary alicyclic amines) is 1. The lowest BCUT2D eigenvalue weighted by Crippen LogP contribution is -2.52. The normalized spacial score (nSPS) is 19.9. The summed E-state index contributed by atoms with van der Waals surface area (Å²) in [5, 5.41) is 3.26. The van der Waals surface area contributed by atoms with Gasteiger partial charge in [-0.05, 0) is 18.4 Å². The van der Waals surface area contributed by atoms with Gasteiger partial charge in [-0.25, -0.2) is 0 Å². The Morgan fingerprint density at radius 1 is 1.04 bits per heavy atom. The summed E-state index contributed by atoms with van der Waals surface area (Å²) in [4.78, 5) is 29.1. The van der Waals surface area contributed by atoms with Crippen LogP contribution in [0.1, 0.15) is 30.9 Å². The molecule has 0 spiro atoms. The predicted octanol–water partition coefficient (Wildman–Crippen LogP) is 1.59. The van der Waals surface area contributed by atoms with Crippen molar-refractivity contribution in [3.8, 4) is 0 Å². The molecule has 5 nitrogen and oxygen atoms in total. The summed E-state index contributed by atoms with van der Waals surface area (Å²) in [7, 11) is 0. The number of amides is 2. The molecule has 23 heavy (non-hydrogen) atoms. The van der Waals surface area contributed by atoms with Crippen LogP contribution in [0.3, 0.4) is 0 Å². The molecular weight excluding hydrogens is 314 g/mol. The van der Waals surface area contributed by atoms with Crippen LogP contribution in [0.15, 0.2) is 30.3 Å². The van der Waals surface area contributed by atoms with Gasteiger partial charge < -0.3 is 15.1 Å². The van der Waals surface area contributed by atoms with Crippen LogP contribution >= 0.6 is 12.4 Å². The van der Waals surface area contributed by atoms with Crippen molar-refractivity contribution in [3.05, 3.63) is 35.9 Å². The van der Waals surface area contributed by atoms with Crippen molar-refractivity contribution < 1.29 is 9.59 Å². The van der Waals surface area contributed by atoms with Crippen molar-refractivity contribution in [3.63, 3.8) is 0 Å². The highest BCUT2D eigenvalue weighted by Crippen LogP contribution is 2.27. The van der Waals surface area contributed by atoms with Gasteiger partial charge in [0.1, 0.15) is 6.04 Å². The van der Waals surface area contributed by atoms with Crippen LogP contribution in [0.5, 0.6) is 0 Å². The molecule has 126 valence electrons. The second kappa shape index (κ2) is 8.31. The van der Waals surface area contributed by atoms with Crippen molar-refractivity contribution in [1.29, 1.82) is 0 Å². The third-order valence-corrected chi connectivity index (χ3v) is 4.45. The molecule has 2 fully saturated rings. The summed E-state index contributed by atoms with van der Waals surface area (Å²) in [6, 6.07) is 9.24. The topological polar surface area (TPSA) is 52.7 Å². The van der Waals surface area contributed by atoms with Gasteiger partial charge in [-0.1, -0.05) is 30.3 Å². The van der Waals surface area contributed by atoms with E-state index in [4.69, 9.17) is 0 Å². The molecule has 2 aliphatic rings. The number of benzene rings is 1. The number of carbonyl (C=O) groups is 2. The molecule has 0 radical (unpaired) electrons. The van der Waals surface area contributed by atoms with Gasteiger partial charge in [0.05, 0.1) is 0 Å². The first-order chi connectivity index (χ1) is 10.8. The number of halogens is 1. The molecule has 0 aliphatic carbocycles. The van der Waals surface area contributed by atoms with Gasteiger partial charge >= 0.3 is 0 Å². The molecule has 1 aromatic rings. The van der Waals surface area contributed by atoms with Gasteiger partial charge in [0, 0.05) is 39.1 Å². The minimum Gasteiger partial charge on any atom is -0.338 e. The Balaban J connectivity index is 0.00000192. The third kappa shape index (κ3) is 4.03. The van der Waals surface area contributed by atoms with Crippen molar-refractivity contribution in [1.82, 2.24) is 15.1 Å². The van der Waals surface area contributed by atoms with Crippen molar-refractivity contribution >= 4 is 24.2 Å². The summed E-state index contributed by atoms with van der Waals surface area (Å²) in [6.45, 7) is 3.74. The summed E-state index contributed by atoms with van der Waals surface area (Å²) >= 11 is 0. The Bertz CT molecular complexity index is 532. The average Bonchev–Trinajstić information content (AvgIpc) is 2.58.